The third-order valence-corrected chi connectivity index (χ3v) is 6.49. The molecule has 0 aliphatic rings. The van der Waals surface area contributed by atoms with Crippen molar-refractivity contribution in [3.05, 3.63) is 112 Å². The minimum Gasteiger partial charge on any atom is -0.457 e. The molecule has 4 aromatic rings. The van der Waals surface area contributed by atoms with Gasteiger partial charge < -0.3 is 15.1 Å². The maximum Gasteiger partial charge on any atom is 0.255 e. The average molecular weight is 533 g/mol. The number of anilines is 2. The Morgan fingerprint density at radius 3 is 2.11 bits per heavy atom. The van der Waals surface area contributed by atoms with E-state index in [1.54, 1.807) is 54.6 Å². The molecule has 0 saturated carbocycles. The molecule has 2 N–H and O–H groups in total. The van der Waals surface area contributed by atoms with Gasteiger partial charge in [0.2, 0.25) is 5.91 Å². The molecule has 1 aromatic heterocycles. The zero-order valence-electron chi connectivity index (χ0n) is 20.6. The van der Waals surface area contributed by atoms with Gasteiger partial charge in [-0.05, 0) is 77.7 Å². The minimum absolute atomic E-state index is 0.0244. The number of carbonyl (C=O) groups is 2. The normalized spacial score (nSPS) is 11.5. The van der Waals surface area contributed by atoms with Crippen LogP contribution in [0.4, 0.5) is 11.4 Å². The van der Waals surface area contributed by atoms with Crippen molar-refractivity contribution < 1.29 is 14.0 Å². The molecular formula is C30H26Cl2N2O3. The lowest BCUT2D eigenvalue weighted by atomic mass is 9.87. The summed E-state index contributed by atoms with van der Waals surface area (Å²) in [4.78, 5) is 24.9. The van der Waals surface area contributed by atoms with Crippen LogP contribution in [-0.2, 0) is 10.2 Å². The number of furan rings is 1. The molecule has 0 aliphatic heterocycles. The van der Waals surface area contributed by atoms with Gasteiger partial charge in [-0.1, -0.05) is 62.2 Å². The Balaban J connectivity index is 1.33. The van der Waals surface area contributed by atoms with Gasteiger partial charge in [0.1, 0.15) is 11.5 Å². The fraction of sp³-hybridized carbons (Fsp3) is 0.133. The highest BCUT2D eigenvalue weighted by molar-refractivity contribution is 6.43. The van der Waals surface area contributed by atoms with Crippen molar-refractivity contribution in [3.63, 3.8) is 0 Å². The quantitative estimate of drug-likeness (QED) is 0.244. The van der Waals surface area contributed by atoms with E-state index in [0.717, 1.165) is 5.56 Å². The molecule has 0 atom stereocenters. The van der Waals surface area contributed by atoms with Crippen LogP contribution in [0.3, 0.4) is 0 Å². The monoisotopic (exact) mass is 532 g/mol. The standard InChI is InChI=1S/C30H26Cl2N2O3/c1-30(2,3)20-9-7-19(8-10-20)29(36)34-22-13-11-21(12-14-22)33-27(35)18-16-23-15-17-26(37-23)24-5-4-6-25(31)28(24)32/h4-18H,1-3H3,(H,33,35)(H,34,36). The Labute approximate surface area is 226 Å². The molecule has 0 saturated heterocycles. The molecule has 3 aromatic carbocycles. The van der Waals surface area contributed by atoms with E-state index < -0.39 is 0 Å². The first-order valence-corrected chi connectivity index (χ1v) is 12.4. The smallest absolute Gasteiger partial charge is 0.255 e. The maximum absolute atomic E-state index is 12.6. The van der Waals surface area contributed by atoms with Crippen LogP contribution in [0, 0.1) is 0 Å². The van der Waals surface area contributed by atoms with Crippen LogP contribution < -0.4 is 10.6 Å². The second-order valence-corrected chi connectivity index (χ2v) is 10.3. The van der Waals surface area contributed by atoms with Gasteiger partial charge in [0.25, 0.3) is 5.91 Å². The molecule has 2 amide bonds. The summed E-state index contributed by atoms with van der Waals surface area (Å²) in [6, 6.07) is 23.3. The summed E-state index contributed by atoms with van der Waals surface area (Å²) in [5.74, 6) is 0.525. The van der Waals surface area contributed by atoms with Crippen LogP contribution in [-0.4, -0.2) is 11.8 Å². The summed E-state index contributed by atoms with van der Waals surface area (Å²) in [7, 11) is 0. The molecule has 0 aliphatic carbocycles. The molecule has 7 heteroatoms. The summed E-state index contributed by atoms with van der Waals surface area (Å²) >= 11 is 12.3. The fourth-order valence-electron chi connectivity index (χ4n) is 3.58. The Kier molecular flexibility index (Phi) is 7.86. The Hall–Kier alpha value is -3.80. The van der Waals surface area contributed by atoms with Gasteiger partial charge in [0.05, 0.1) is 10.0 Å². The van der Waals surface area contributed by atoms with Crippen LogP contribution in [0.1, 0.15) is 42.5 Å². The zero-order chi connectivity index (χ0) is 26.6. The number of halogens is 2. The third kappa shape index (κ3) is 6.70. The van der Waals surface area contributed by atoms with Crippen LogP contribution in [0.2, 0.25) is 10.0 Å². The van der Waals surface area contributed by atoms with Gasteiger partial charge in [-0.15, -0.1) is 0 Å². The number of carbonyl (C=O) groups excluding carboxylic acids is 2. The van der Waals surface area contributed by atoms with Crippen LogP contribution in [0.25, 0.3) is 17.4 Å². The first kappa shape index (κ1) is 26.3. The molecule has 1 heterocycles. The van der Waals surface area contributed by atoms with E-state index >= 15 is 0 Å². The Morgan fingerprint density at radius 1 is 0.811 bits per heavy atom. The molecule has 4 rings (SSSR count). The largest absolute Gasteiger partial charge is 0.457 e. The van der Waals surface area contributed by atoms with Gasteiger partial charge in [-0.25, -0.2) is 0 Å². The molecule has 0 unspecified atom stereocenters. The van der Waals surface area contributed by atoms with Gasteiger partial charge in [0.15, 0.2) is 0 Å². The minimum atomic E-state index is -0.325. The molecule has 188 valence electrons. The molecule has 0 spiro atoms. The maximum atomic E-state index is 12.6. The second-order valence-electron chi connectivity index (χ2n) is 9.48. The first-order valence-electron chi connectivity index (χ1n) is 11.7. The topological polar surface area (TPSA) is 71.3 Å². The van der Waals surface area contributed by atoms with Crippen molar-refractivity contribution in [2.75, 3.05) is 10.6 Å². The number of rotatable bonds is 6. The second kappa shape index (κ2) is 11.1. The van der Waals surface area contributed by atoms with Crippen LogP contribution in [0.15, 0.2) is 89.4 Å². The van der Waals surface area contributed by atoms with E-state index in [1.165, 1.54) is 6.08 Å². The predicted octanol–water partition coefficient (Wildman–Crippen LogP) is 8.46. The molecule has 0 radical (unpaired) electrons. The predicted molar refractivity (Wildman–Crippen MR) is 151 cm³/mol. The van der Waals surface area contributed by atoms with Crippen molar-refractivity contribution in [1.82, 2.24) is 0 Å². The van der Waals surface area contributed by atoms with E-state index in [2.05, 4.69) is 31.4 Å². The Bertz CT molecular complexity index is 1450. The number of hydrogen-bond donors (Lipinski definition) is 2. The first-order chi connectivity index (χ1) is 17.6. The van der Waals surface area contributed by atoms with E-state index in [0.29, 0.717) is 44.1 Å². The lowest BCUT2D eigenvalue weighted by Gasteiger charge is -2.19. The lowest BCUT2D eigenvalue weighted by molar-refractivity contribution is -0.111. The fourth-order valence-corrected chi connectivity index (χ4v) is 3.98. The lowest BCUT2D eigenvalue weighted by Crippen LogP contribution is -2.14. The SMILES string of the molecule is CC(C)(C)c1ccc(C(=O)Nc2ccc(NC(=O)C=Cc3ccc(-c4cccc(Cl)c4Cl)o3)cc2)cc1. The van der Waals surface area contributed by atoms with Gasteiger partial charge in [-0.2, -0.15) is 0 Å². The Morgan fingerprint density at radius 2 is 1.46 bits per heavy atom. The van der Waals surface area contributed by atoms with Crippen molar-refractivity contribution in [1.29, 1.82) is 0 Å². The van der Waals surface area contributed by atoms with Gasteiger partial charge >= 0.3 is 0 Å². The van der Waals surface area contributed by atoms with E-state index in [1.807, 2.05) is 30.3 Å². The van der Waals surface area contributed by atoms with E-state index in [4.69, 9.17) is 27.6 Å². The number of nitrogens with one attached hydrogen (secondary N) is 2. The van der Waals surface area contributed by atoms with Crippen LogP contribution >= 0.6 is 23.2 Å². The van der Waals surface area contributed by atoms with Crippen molar-refractivity contribution in [3.8, 4) is 11.3 Å². The van der Waals surface area contributed by atoms with Gasteiger partial charge in [-0.3, -0.25) is 9.59 Å². The summed E-state index contributed by atoms with van der Waals surface area (Å²) in [5.41, 5.74) is 3.66. The summed E-state index contributed by atoms with van der Waals surface area (Å²) < 4.78 is 5.77. The van der Waals surface area contributed by atoms with Crippen molar-refractivity contribution >= 4 is 52.5 Å². The zero-order valence-corrected chi connectivity index (χ0v) is 22.2. The van der Waals surface area contributed by atoms with Crippen LogP contribution in [0.5, 0.6) is 0 Å². The molecule has 5 nitrogen and oxygen atoms in total. The third-order valence-electron chi connectivity index (χ3n) is 5.67. The van der Waals surface area contributed by atoms with Crippen molar-refractivity contribution in [2.24, 2.45) is 0 Å². The van der Waals surface area contributed by atoms with Crippen molar-refractivity contribution in [2.45, 2.75) is 26.2 Å². The number of hydrogen-bond acceptors (Lipinski definition) is 3. The van der Waals surface area contributed by atoms with E-state index in [9.17, 15) is 9.59 Å². The summed E-state index contributed by atoms with van der Waals surface area (Å²) in [5, 5.41) is 6.50. The highest BCUT2D eigenvalue weighted by Gasteiger charge is 2.14. The number of amides is 2. The molecule has 0 bridgehead atoms. The van der Waals surface area contributed by atoms with E-state index in [-0.39, 0.29) is 17.2 Å². The summed E-state index contributed by atoms with van der Waals surface area (Å²) in [6.07, 6.45) is 2.94. The highest BCUT2D eigenvalue weighted by Crippen LogP contribution is 2.34. The number of benzene rings is 3. The summed E-state index contributed by atoms with van der Waals surface area (Å²) in [6.45, 7) is 6.39. The average Bonchev–Trinajstić information content (AvgIpc) is 3.34. The molecule has 0 fully saturated rings. The molecular weight excluding hydrogens is 507 g/mol. The molecule has 37 heavy (non-hydrogen) atoms. The van der Waals surface area contributed by atoms with Gasteiger partial charge in [0, 0.05) is 28.6 Å². The highest BCUT2D eigenvalue weighted by atomic mass is 35.5.